The summed E-state index contributed by atoms with van der Waals surface area (Å²) in [4.78, 5) is 12.0. The van der Waals surface area contributed by atoms with E-state index in [-0.39, 0.29) is 17.4 Å². The molecule has 1 amide bonds. The molecule has 12 heteroatoms. The molecule has 1 unspecified atom stereocenters. The summed E-state index contributed by atoms with van der Waals surface area (Å²) in [6.07, 6.45) is -0.628. The number of aromatic nitrogens is 5. The fraction of sp³-hybridized carbons (Fsp3) is 0.312. The Bertz CT molecular complexity index is 951. The molecule has 2 heterocycles. The first-order chi connectivity index (χ1) is 13.5. The predicted octanol–water partition coefficient (Wildman–Crippen LogP) is 3.30. The molecule has 28 heavy (non-hydrogen) atoms. The Hall–Kier alpha value is -2.60. The van der Waals surface area contributed by atoms with Crippen LogP contribution in [0.1, 0.15) is 25.8 Å². The molecule has 0 saturated carbocycles. The number of benzene rings is 1. The lowest BCUT2D eigenvalue weighted by Crippen LogP contribution is -2.15. The highest BCUT2D eigenvalue weighted by Gasteiger charge is 2.20. The third-order valence-corrected chi connectivity index (χ3v) is 5.14. The molecule has 0 bridgehead atoms. The van der Waals surface area contributed by atoms with Gasteiger partial charge in [0.05, 0.1) is 5.75 Å². The van der Waals surface area contributed by atoms with Gasteiger partial charge in [-0.2, -0.15) is 0 Å². The van der Waals surface area contributed by atoms with Gasteiger partial charge in [-0.15, -0.1) is 20.4 Å². The highest BCUT2D eigenvalue weighted by molar-refractivity contribution is 7.99. The lowest BCUT2D eigenvalue weighted by Gasteiger charge is -2.16. The van der Waals surface area contributed by atoms with Crippen LogP contribution >= 0.6 is 23.1 Å². The Kier molecular flexibility index (Phi) is 6.52. The summed E-state index contributed by atoms with van der Waals surface area (Å²) >= 11 is 2.43. The minimum absolute atomic E-state index is 0.0785. The molecule has 3 rings (SSSR count). The first-order valence-corrected chi connectivity index (χ1v) is 10.1. The highest BCUT2D eigenvalue weighted by atomic mass is 32.2. The van der Waals surface area contributed by atoms with Gasteiger partial charge in [-0.1, -0.05) is 23.1 Å². The Labute approximate surface area is 167 Å². The molecular formula is C16H16F2N6O2S2. The molecule has 1 atom stereocenters. The number of thioether (sulfide) groups is 1. The summed E-state index contributed by atoms with van der Waals surface area (Å²) in [5, 5.41) is 19.2. The van der Waals surface area contributed by atoms with Crippen molar-refractivity contribution >= 4 is 34.1 Å². The predicted molar refractivity (Wildman–Crippen MR) is 100 cm³/mol. The van der Waals surface area contributed by atoms with Gasteiger partial charge >= 0.3 is 0 Å². The van der Waals surface area contributed by atoms with E-state index in [1.165, 1.54) is 34.7 Å². The quantitative estimate of drug-likeness (QED) is 0.552. The third-order valence-electron chi connectivity index (χ3n) is 3.56. The van der Waals surface area contributed by atoms with Crippen molar-refractivity contribution in [3.05, 3.63) is 41.2 Å². The van der Waals surface area contributed by atoms with E-state index in [0.717, 1.165) is 12.1 Å². The van der Waals surface area contributed by atoms with E-state index in [1.54, 1.807) is 11.5 Å². The number of hydrogen-bond acceptors (Lipinski definition) is 8. The van der Waals surface area contributed by atoms with Crippen molar-refractivity contribution in [3.8, 4) is 5.75 Å². The van der Waals surface area contributed by atoms with Crippen molar-refractivity contribution in [3.63, 3.8) is 0 Å². The number of rotatable bonds is 8. The molecule has 8 nitrogen and oxygen atoms in total. The summed E-state index contributed by atoms with van der Waals surface area (Å²) in [7, 11) is 0. The smallest absolute Gasteiger partial charge is 0.236 e. The summed E-state index contributed by atoms with van der Waals surface area (Å²) in [6, 6.07) is 3.10. The van der Waals surface area contributed by atoms with E-state index in [1.807, 2.05) is 6.92 Å². The van der Waals surface area contributed by atoms with Gasteiger partial charge < -0.3 is 9.30 Å². The van der Waals surface area contributed by atoms with Gasteiger partial charge in [0, 0.05) is 12.6 Å². The first kappa shape index (κ1) is 20.1. The van der Waals surface area contributed by atoms with E-state index in [4.69, 9.17) is 4.74 Å². The van der Waals surface area contributed by atoms with E-state index in [0.29, 0.717) is 22.7 Å². The molecule has 2 aromatic heterocycles. The molecule has 0 spiro atoms. The molecule has 0 fully saturated rings. The van der Waals surface area contributed by atoms with Crippen LogP contribution in [0, 0.1) is 11.6 Å². The number of nitrogens with zero attached hydrogens (tertiary/aromatic N) is 5. The molecule has 0 saturated heterocycles. The van der Waals surface area contributed by atoms with Crippen LogP contribution in [0.5, 0.6) is 5.75 Å². The molecule has 3 aromatic rings. The maximum atomic E-state index is 13.8. The van der Waals surface area contributed by atoms with E-state index < -0.39 is 17.7 Å². The van der Waals surface area contributed by atoms with Gasteiger partial charge in [-0.05, 0) is 26.0 Å². The number of amides is 1. The molecule has 0 radical (unpaired) electrons. The minimum atomic E-state index is -0.794. The zero-order chi connectivity index (χ0) is 20.1. The number of carbonyl (C=O) groups is 1. The van der Waals surface area contributed by atoms with E-state index in [2.05, 4.69) is 25.7 Å². The van der Waals surface area contributed by atoms with Crippen LogP contribution in [-0.4, -0.2) is 36.6 Å². The number of carbonyl (C=O) groups excluding carboxylic acids is 1. The van der Waals surface area contributed by atoms with Crippen LogP contribution in [-0.2, 0) is 11.3 Å². The lowest BCUT2D eigenvalue weighted by molar-refractivity contribution is -0.113. The molecule has 1 N–H and O–H groups in total. The van der Waals surface area contributed by atoms with Gasteiger partial charge in [0.15, 0.2) is 28.7 Å². The molecule has 0 aliphatic carbocycles. The van der Waals surface area contributed by atoms with E-state index >= 15 is 0 Å². The van der Waals surface area contributed by atoms with E-state index in [9.17, 15) is 13.6 Å². The van der Waals surface area contributed by atoms with Crippen LogP contribution in [0.25, 0.3) is 0 Å². The summed E-state index contributed by atoms with van der Waals surface area (Å²) < 4.78 is 34.2. The normalized spacial score (nSPS) is 12.0. The second kappa shape index (κ2) is 9.06. The van der Waals surface area contributed by atoms with Crippen molar-refractivity contribution in [2.24, 2.45) is 0 Å². The SMILES string of the molecule is CCn1c(SCC(=O)Nc2nncs2)nnc1C(C)Oc1ccc(F)cc1F. The van der Waals surface area contributed by atoms with Crippen molar-refractivity contribution in [1.82, 2.24) is 25.0 Å². The number of nitrogens with one attached hydrogen (secondary N) is 1. The van der Waals surface area contributed by atoms with Crippen LogP contribution < -0.4 is 10.1 Å². The van der Waals surface area contributed by atoms with Crippen molar-refractivity contribution < 1.29 is 18.3 Å². The second-order valence-corrected chi connectivity index (χ2v) is 7.28. The summed E-state index contributed by atoms with van der Waals surface area (Å²) in [6.45, 7) is 4.11. The average molecular weight is 426 g/mol. The van der Waals surface area contributed by atoms with Gasteiger partial charge in [-0.3, -0.25) is 10.1 Å². The lowest BCUT2D eigenvalue weighted by atomic mass is 10.3. The maximum absolute atomic E-state index is 13.8. The monoisotopic (exact) mass is 426 g/mol. The molecule has 0 aliphatic heterocycles. The minimum Gasteiger partial charge on any atom is -0.480 e. The zero-order valence-electron chi connectivity index (χ0n) is 14.9. The van der Waals surface area contributed by atoms with Crippen molar-refractivity contribution in [1.29, 1.82) is 0 Å². The molecular weight excluding hydrogens is 410 g/mol. The number of ether oxygens (including phenoxy) is 1. The largest absolute Gasteiger partial charge is 0.480 e. The number of halogens is 2. The van der Waals surface area contributed by atoms with Crippen molar-refractivity contribution in [2.75, 3.05) is 11.1 Å². The highest BCUT2D eigenvalue weighted by Crippen LogP contribution is 2.26. The number of anilines is 1. The Morgan fingerprint density at radius 2 is 2.18 bits per heavy atom. The van der Waals surface area contributed by atoms with Crippen LogP contribution in [0.4, 0.5) is 13.9 Å². The van der Waals surface area contributed by atoms with Crippen LogP contribution in [0.2, 0.25) is 0 Å². The van der Waals surface area contributed by atoms with Gasteiger partial charge in [0.2, 0.25) is 11.0 Å². The second-order valence-electron chi connectivity index (χ2n) is 5.50. The van der Waals surface area contributed by atoms with Gasteiger partial charge in [0.25, 0.3) is 0 Å². The summed E-state index contributed by atoms with van der Waals surface area (Å²) in [5.74, 6) is -1.22. The molecule has 0 aliphatic rings. The topological polar surface area (TPSA) is 94.8 Å². The van der Waals surface area contributed by atoms with Crippen molar-refractivity contribution in [2.45, 2.75) is 31.7 Å². The fourth-order valence-electron chi connectivity index (χ4n) is 2.33. The Balaban J connectivity index is 1.66. The molecule has 148 valence electrons. The zero-order valence-corrected chi connectivity index (χ0v) is 16.6. The van der Waals surface area contributed by atoms with Crippen LogP contribution in [0.15, 0.2) is 28.9 Å². The van der Waals surface area contributed by atoms with Gasteiger partial charge in [-0.25, -0.2) is 8.78 Å². The van der Waals surface area contributed by atoms with Gasteiger partial charge in [0.1, 0.15) is 11.3 Å². The fourth-order valence-corrected chi connectivity index (χ4v) is 3.60. The Morgan fingerprint density at radius 1 is 1.36 bits per heavy atom. The number of hydrogen-bond donors (Lipinski definition) is 1. The average Bonchev–Trinajstić information content (AvgIpc) is 3.31. The third kappa shape index (κ3) is 4.81. The standard InChI is InChI=1S/C16H16F2N6O2S2/c1-3-24-14(9(2)26-12-5-4-10(17)6-11(12)18)21-23-16(24)27-7-13(25)20-15-22-19-8-28-15/h4-6,8-9H,3,7H2,1-2H3,(H,20,22,25). The maximum Gasteiger partial charge on any atom is 0.236 e. The summed E-state index contributed by atoms with van der Waals surface area (Å²) in [5.41, 5.74) is 1.52. The Morgan fingerprint density at radius 3 is 2.86 bits per heavy atom. The first-order valence-electron chi connectivity index (χ1n) is 8.21. The van der Waals surface area contributed by atoms with Crippen LogP contribution in [0.3, 0.4) is 0 Å². The molecule has 1 aromatic carbocycles.